The van der Waals surface area contributed by atoms with Crippen LogP contribution in [0.2, 0.25) is 0 Å². The van der Waals surface area contributed by atoms with Gasteiger partial charge in [-0.1, -0.05) is 6.07 Å². The molecule has 1 unspecified atom stereocenters. The smallest absolute Gasteiger partial charge is 0.311 e. The Morgan fingerprint density at radius 3 is 2.85 bits per heavy atom. The molecule has 0 aromatic carbocycles. The van der Waals surface area contributed by atoms with Crippen LogP contribution in [0.25, 0.3) is 10.6 Å². The number of hydrogen-bond acceptors (Lipinski definition) is 3. The van der Waals surface area contributed by atoms with Gasteiger partial charge in [-0.3, -0.25) is 9.48 Å². The van der Waals surface area contributed by atoms with Crippen molar-refractivity contribution in [2.24, 2.45) is 7.05 Å². The number of carbonyl (C=O) groups excluding carboxylic acids is 1. The van der Waals surface area contributed by atoms with E-state index >= 15 is 0 Å². The van der Waals surface area contributed by atoms with E-state index in [0.717, 1.165) is 0 Å². The lowest BCUT2D eigenvalue weighted by atomic mass is 9.91. The van der Waals surface area contributed by atoms with Crippen LogP contribution in [0, 0.1) is 0 Å². The van der Waals surface area contributed by atoms with Crippen molar-refractivity contribution in [1.29, 1.82) is 0 Å². The Morgan fingerprint density at radius 1 is 1.50 bits per heavy atom. The van der Waals surface area contributed by atoms with E-state index in [9.17, 15) is 18.0 Å². The molecule has 0 bridgehead atoms. The summed E-state index contributed by atoms with van der Waals surface area (Å²) in [5, 5.41) is 8.40. The molecule has 1 aliphatic heterocycles. The Labute approximate surface area is 116 Å². The molecule has 20 heavy (non-hydrogen) atoms. The van der Waals surface area contributed by atoms with Gasteiger partial charge in [-0.25, -0.2) is 0 Å². The summed E-state index contributed by atoms with van der Waals surface area (Å²) in [5.41, 5.74) is 0.349. The first-order chi connectivity index (χ1) is 9.38. The highest BCUT2D eigenvalue weighted by Crippen LogP contribution is 2.47. The molecule has 1 aliphatic rings. The topological polar surface area (TPSA) is 46.9 Å². The summed E-state index contributed by atoms with van der Waals surface area (Å²) >= 11 is 1.32. The van der Waals surface area contributed by atoms with Gasteiger partial charge in [0.25, 0.3) is 0 Å². The third-order valence-electron chi connectivity index (χ3n) is 3.23. The third kappa shape index (κ3) is 2.00. The first kappa shape index (κ1) is 13.2. The molecule has 2 aromatic heterocycles. The molecule has 4 nitrogen and oxygen atoms in total. The van der Waals surface area contributed by atoms with Gasteiger partial charge in [0.2, 0.25) is 5.91 Å². The van der Waals surface area contributed by atoms with Crippen molar-refractivity contribution >= 4 is 23.1 Å². The Kier molecular flexibility index (Phi) is 2.86. The molecule has 3 rings (SSSR count). The quantitative estimate of drug-likeness (QED) is 0.879. The van der Waals surface area contributed by atoms with Gasteiger partial charge in [0.15, 0.2) is 0 Å². The van der Waals surface area contributed by atoms with Gasteiger partial charge in [-0.15, -0.1) is 11.3 Å². The minimum Gasteiger partial charge on any atom is -0.311 e. The van der Waals surface area contributed by atoms with Gasteiger partial charge in [-0.2, -0.15) is 18.3 Å². The van der Waals surface area contributed by atoms with E-state index in [1.807, 2.05) is 0 Å². The normalized spacial score (nSPS) is 18.8. The highest BCUT2D eigenvalue weighted by molar-refractivity contribution is 7.13. The summed E-state index contributed by atoms with van der Waals surface area (Å²) in [5.74, 6) is -2.32. The van der Waals surface area contributed by atoms with Crippen molar-refractivity contribution in [1.82, 2.24) is 9.78 Å². The number of nitrogens with one attached hydrogen (secondary N) is 1. The van der Waals surface area contributed by atoms with Crippen molar-refractivity contribution in [3.8, 4) is 10.6 Å². The maximum atomic E-state index is 13.2. The fourth-order valence-electron chi connectivity index (χ4n) is 2.36. The van der Waals surface area contributed by atoms with Crippen LogP contribution in [0.3, 0.4) is 0 Å². The highest BCUT2D eigenvalue weighted by atomic mass is 32.1. The molecular formula is C12H10F3N3OS. The van der Waals surface area contributed by atoms with Gasteiger partial charge in [-0.05, 0) is 11.4 Å². The maximum absolute atomic E-state index is 13.2. The van der Waals surface area contributed by atoms with E-state index in [0.29, 0.717) is 10.6 Å². The molecule has 2 aromatic rings. The van der Waals surface area contributed by atoms with Crippen LogP contribution in [0.4, 0.5) is 19.0 Å². The summed E-state index contributed by atoms with van der Waals surface area (Å²) in [6.07, 6.45) is -5.07. The number of aryl methyl sites for hydroxylation is 1. The number of thiophene rings is 1. The lowest BCUT2D eigenvalue weighted by Gasteiger charge is -2.25. The summed E-state index contributed by atoms with van der Waals surface area (Å²) in [7, 11) is 1.52. The number of amides is 1. The molecule has 106 valence electrons. The molecule has 0 saturated carbocycles. The van der Waals surface area contributed by atoms with Crippen molar-refractivity contribution in [2.45, 2.75) is 18.5 Å². The zero-order chi connectivity index (χ0) is 14.5. The Hall–Kier alpha value is -1.83. The third-order valence-corrected chi connectivity index (χ3v) is 4.11. The van der Waals surface area contributed by atoms with Crippen molar-refractivity contribution in [3.63, 3.8) is 0 Å². The van der Waals surface area contributed by atoms with Crippen molar-refractivity contribution < 1.29 is 18.0 Å². The molecule has 1 amide bonds. The number of carbonyl (C=O) groups is 1. The van der Waals surface area contributed by atoms with Crippen LogP contribution in [-0.4, -0.2) is 21.9 Å². The largest absolute Gasteiger partial charge is 0.396 e. The van der Waals surface area contributed by atoms with Gasteiger partial charge < -0.3 is 5.32 Å². The van der Waals surface area contributed by atoms with Gasteiger partial charge in [0, 0.05) is 19.0 Å². The van der Waals surface area contributed by atoms with E-state index < -0.39 is 24.4 Å². The zero-order valence-electron chi connectivity index (χ0n) is 10.4. The Bertz CT molecular complexity index is 660. The Balaban J connectivity index is 2.22. The molecule has 0 aliphatic carbocycles. The zero-order valence-corrected chi connectivity index (χ0v) is 11.2. The monoisotopic (exact) mass is 301 g/mol. The van der Waals surface area contributed by atoms with E-state index in [2.05, 4.69) is 10.4 Å². The first-order valence-corrected chi connectivity index (χ1v) is 6.73. The molecule has 0 fully saturated rings. The number of fused-ring (bicyclic) bond motifs is 1. The summed E-state index contributed by atoms with van der Waals surface area (Å²) in [6.45, 7) is 0. The number of alkyl halides is 3. The van der Waals surface area contributed by atoms with Crippen LogP contribution in [0.1, 0.15) is 17.9 Å². The SMILES string of the molecule is Cn1nc(-c2cccs2)c2c1NC(=O)CC2C(F)(F)F. The maximum Gasteiger partial charge on any atom is 0.396 e. The molecule has 8 heteroatoms. The van der Waals surface area contributed by atoms with Crippen LogP contribution >= 0.6 is 11.3 Å². The predicted octanol–water partition coefficient (Wildman–Crippen LogP) is 3.14. The number of nitrogens with zero attached hydrogens (tertiary/aromatic N) is 2. The van der Waals surface area contributed by atoms with Gasteiger partial charge in [0.1, 0.15) is 11.5 Å². The number of halogens is 3. The second-order valence-electron chi connectivity index (χ2n) is 4.56. The fraction of sp³-hybridized carbons (Fsp3) is 0.333. The molecular weight excluding hydrogens is 291 g/mol. The van der Waals surface area contributed by atoms with E-state index in [-0.39, 0.29) is 11.4 Å². The van der Waals surface area contributed by atoms with Crippen LogP contribution in [0.15, 0.2) is 17.5 Å². The predicted molar refractivity (Wildman–Crippen MR) is 68.6 cm³/mol. The average Bonchev–Trinajstić information content (AvgIpc) is 2.96. The number of anilines is 1. The lowest BCUT2D eigenvalue weighted by molar-refractivity contribution is -0.156. The molecule has 0 saturated heterocycles. The Morgan fingerprint density at radius 2 is 2.25 bits per heavy atom. The van der Waals surface area contributed by atoms with Crippen molar-refractivity contribution in [2.75, 3.05) is 5.32 Å². The van der Waals surface area contributed by atoms with Crippen LogP contribution in [-0.2, 0) is 11.8 Å². The second-order valence-corrected chi connectivity index (χ2v) is 5.51. The number of rotatable bonds is 1. The average molecular weight is 301 g/mol. The number of aromatic nitrogens is 2. The second kappa shape index (κ2) is 4.34. The van der Waals surface area contributed by atoms with Crippen LogP contribution in [0.5, 0.6) is 0 Å². The van der Waals surface area contributed by atoms with E-state index in [1.165, 1.54) is 23.1 Å². The molecule has 1 atom stereocenters. The first-order valence-electron chi connectivity index (χ1n) is 5.85. The lowest BCUT2D eigenvalue weighted by Crippen LogP contribution is -2.32. The summed E-state index contributed by atoms with van der Waals surface area (Å²) < 4.78 is 40.9. The summed E-state index contributed by atoms with van der Waals surface area (Å²) in [4.78, 5) is 12.1. The summed E-state index contributed by atoms with van der Waals surface area (Å²) in [6, 6.07) is 3.47. The molecule has 3 heterocycles. The minimum absolute atomic E-state index is 0.0575. The van der Waals surface area contributed by atoms with E-state index in [1.54, 1.807) is 17.5 Å². The molecule has 1 N–H and O–H groups in total. The highest BCUT2D eigenvalue weighted by Gasteiger charge is 2.48. The molecule has 0 radical (unpaired) electrons. The van der Waals surface area contributed by atoms with Gasteiger partial charge in [0.05, 0.1) is 10.8 Å². The minimum atomic E-state index is -4.47. The molecule has 0 spiro atoms. The fourth-order valence-corrected chi connectivity index (χ4v) is 3.09. The van der Waals surface area contributed by atoms with E-state index in [4.69, 9.17) is 0 Å². The number of hydrogen-bond donors (Lipinski definition) is 1. The van der Waals surface area contributed by atoms with Crippen molar-refractivity contribution in [3.05, 3.63) is 23.1 Å². The van der Waals surface area contributed by atoms with Gasteiger partial charge >= 0.3 is 6.18 Å². The van der Waals surface area contributed by atoms with Crippen LogP contribution < -0.4 is 5.32 Å². The standard InChI is InChI=1S/C12H10F3N3OS/c1-18-11-9(10(17-18)7-3-2-4-20-7)6(12(13,14)15)5-8(19)16-11/h2-4,6H,5H2,1H3,(H,16,19).